The molecule has 2 rings (SSSR count). The maximum absolute atomic E-state index is 4.55. The highest BCUT2D eigenvalue weighted by Gasteiger charge is 2.03. The molecule has 0 bridgehead atoms. The van der Waals surface area contributed by atoms with Crippen molar-refractivity contribution in [3.63, 3.8) is 0 Å². The van der Waals surface area contributed by atoms with E-state index in [4.69, 9.17) is 0 Å². The Bertz CT molecular complexity index is 491. The van der Waals surface area contributed by atoms with Gasteiger partial charge in [-0.15, -0.1) is 0 Å². The number of hydrogen-bond donors (Lipinski definition) is 1. The average Bonchev–Trinajstić information content (AvgIpc) is 2.81. The first-order valence-electron chi connectivity index (χ1n) is 7.80. The highest BCUT2D eigenvalue weighted by molar-refractivity contribution is 5.77. The summed E-state index contributed by atoms with van der Waals surface area (Å²) in [5.41, 5.74) is 3.76. The lowest BCUT2D eigenvalue weighted by Gasteiger charge is -1.99. The van der Waals surface area contributed by atoms with Crippen LogP contribution in [0.15, 0.2) is 18.3 Å². The molecule has 2 nitrogen and oxygen atoms in total. The molecular weight excluding hydrogens is 232 g/mol. The SMILES string of the molecule is CCCCCc1cnc2[nH]c(CCCCC)cc2c1. The number of nitrogens with one attached hydrogen (secondary N) is 1. The Labute approximate surface area is 116 Å². The zero-order valence-electron chi connectivity index (χ0n) is 12.3. The molecule has 2 aromatic rings. The van der Waals surface area contributed by atoms with Crippen LogP contribution in [0.25, 0.3) is 11.0 Å². The Morgan fingerprint density at radius 1 is 0.947 bits per heavy atom. The lowest BCUT2D eigenvalue weighted by molar-refractivity contribution is 0.710. The molecule has 0 atom stereocenters. The number of pyridine rings is 1. The van der Waals surface area contributed by atoms with Crippen molar-refractivity contribution in [2.45, 2.75) is 65.2 Å². The molecule has 1 N–H and O–H groups in total. The summed E-state index contributed by atoms with van der Waals surface area (Å²) >= 11 is 0. The van der Waals surface area contributed by atoms with Crippen LogP contribution in [0.4, 0.5) is 0 Å². The van der Waals surface area contributed by atoms with Crippen LogP contribution in [0.1, 0.15) is 63.6 Å². The first kappa shape index (κ1) is 14.1. The smallest absolute Gasteiger partial charge is 0.137 e. The van der Waals surface area contributed by atoms with Crippen LogP contribution in [-0.2, 0) is 12.8 Å². The predicted octanol–water partition coefficient (Wildman–Crippen LogP) is 5.03. The maximum atomic E-state index is 4.55. The van der Waals surface area contributed by atoms with Gasteiger partial charge in [0.1, 0.15) is 5.65 Å². The molecule has 2 heteroatoms. The molecule has 2 aromatic heterocycles. The first-order valence-corrected chi connectivity index (χ1v) is 7.80. The molecule has 19 heavy (non-hydrogen) atoms. The van der Waals surface area contributed by atoms with Gasteiger partial charge in [-0.25, -0.2) is 4.98 Å². The molecule has 0 unspecified atom stereocenters. The number of fused-ring (bicyclic) bond motifs is 1. The summed E-state index contributed by atoms with van der Waals surface area (Å²) in [5, 5.41) is 1.28. The molecule has 104 valence electrons. The Balaban J connectivity index is 2.01. The van der Waals surface area contributed by atoms with Crippen LogP contribution >= 0.6 is 0 Å². The van der Waals surface area contributed by atoms with Crippen molar-refractivity contribution in [2.75, 3.05) is 0 Å². The number of H-pyrrole nitrogens is 1. The summed E-state index contributed by atoms with van der Waals surface area (Å²) in [6.07, 6.45) is 12.1. The van der Waals surface area contributed by atoms with Gasteiger partial charge in [-0.2, -0.15) is 0 Å². The number of aryl methyl sites for hydroxylation is 2. The normalized spacial score (nSPS) is 11.3. The summed E-state index contributed by atoms with van der Waals surface area (Å²) in [5.74, 6) is 0. The van der Waals surface area contributed by atoms with E-state index in [-0.39, 0.29) is 0 Å². The van der Waals surface area contributed by atoms with Gasteiger partial charge in [0.25, 0.3) is 0 Å². The zero-order valence-corrected chi connectivity index (χ0v) is 12.3. The van der Waals surface area contributed by atoms with E-state index in [9.17, 15) is 0 Å². The van der Waals surface area contributed by atoms with Gasteiger partial charge in [-0.05, 0) is 43.4 Å². The number of aromatic amines is 1. The second-order valence-electron chi connectivity index (χ2n) is 5.49. The summed E-state index contributed by atoms with van der Waals surface area (Å²) in [6, 6.07) is 4.58. The number of hydrogen-bond acceptors (Lipinski definition) is 1. The van der Waals surface area contributed by atoms with Gasteiger partial charge < -0.3 is 4.98 Å². The third kappa shape index (κ3) is 4.09. The van der Waals surface area contributed by atoms with Crippen molar-refractivity contribution < 1.29 is 0 Å². The van der Waals surface area contributed by atoms with Gasteiger partial charge in [-0.3, -0.25) is 0 Å². The van der Waals surface area contributed by atoms with Crippen LogP contribution in [0.3, 0.4) is 0 Å². The fraction of sp³-hybridized carbons (Fsp3) is 0.588. The molecule has 0 aliphatic heterocycles. The van der Waals surface area contributed by atoms with E-state index >= 15 is 0 Å². The molecule has 0 aromatic carbocycles. The van der Waals surface area contributed by atoms with Crippen molar-refractivity contribution in [2.24, 2.45) is 0 Å². The van der Waals surface area contributed by atoms with Crippen LogP contribution in [0.5, 0.6) is 0 Å². The Kier molecular flexibility index (Phi) is 5.44. The Morgan fingerprint density at radius 3 is 2.42 bits per heavy atom. The molecule has 0 saturated heterocycles. The van der Waals surface area contributed by atoms with E-state index in [2.05, 4.69) is 35.9 Å². The molecule has 0 aliphatic rings. The maximum Gasteiger partial charge on any atom is 0.137 e. The third-order valence-electron chi connectivity index (χ3n) is 3.70. The number of unbranched alkanes of at least 4 members (excludes halogenated alkanes) is 4. The molecule has 0 aliphatic carbocycles. The fourth-order valence-electron chi connectivity index (χ4n) is 2.53. The quantitative estimate of drug-likeness (QED) is 0.661. The molecule has 0 spiro atoms. The third-order valence-corrected chi connectivity index (χ3v) is 3.70. The highest BCUT2D eigenvalue weighted by Crippen LogP contribution is 2.17. The van der Waals surface area contributed by atoms with Crippen molar-refractivity contribution in [3.05, 3.63) is 29.6 Å². The van der Waals surface area contributed by atoms with E-state index in [1.165, 1.54) is 55.2 Å². The van der Waals surface area contributed by atoms with E-state index in [1.54, 1.807) is 0 Å². The summed E-state index contributed by atoms with van der Waals surface area (Å²) in [4.78, 5) is 7.99. The fourth-order valence-corrected chi connectivity index (χ4v) is 2.53. The molecule has 0 saturated carbocycles. The largest absolute Gasteiger partial charge is 0.343 e. The topological polar surface area (TPSA) is 28.7 Å². The van der Waals surface area contributed by atoms with Crippen molar-refractivity contribution >= 4 is 11.0 Å². The zero-order chi connectivity index (χ0) is 13.5. The minimum atomic E-state index is 1.05. The Hall–Kier alpha value is -1.31. The number of aromatic nitrogens is 2. The first-order chi connectivity index (χ1) is 9.33. The van der Waals surface area contributed by atoms with Crippen LogP contribution in [0.2, 0.25) is 0 Å². The van der Waals surface area contributed by atoms with E-state index < -0.39 is 0 Å². The summed E-state index contributed by atoms with van der Waals surface area (Å²) in [7, 11) is 0. The lowest BCUT2D eigenvalue weighted by atomic mass is 10.1. The number of nitrogens with zero attached hydrogens (tertiary/aromatic N) is 1. The molecule has 0 amide bonds. The van der Waals surface area contributed by atoms with E-state index in [0.717, 1.165) is 18.5 Å². The Morgan fingerprint density at radius 2 is 1.68 bits per heavy atom. The standard InChI is InChI=1S/C17H26N2/c1-3-5-7-9-14-11-15-12-16(10-8-6-4-2)19-17(15)18-13-14/h11-13H,3-10H2,1-2H3,(H,18,19). The molecule has 0 radical (unpaired) electrons. The van der Waals surface area contributed by atoms with Crippen LogP contribution in [-0.4, -0.2) is 9.97 Å². The molecule has 0 fully saturated rings. The predicted molar refractivity (Wildman–Crippen MR) is 82.6 cm³/mol. The highest BCUT2D eigenvalue weighted by atomic mass is 14.9. The molecular formula is C17H26N2. The van der Waals surface area contributed by atoms with Crippen molar-refractivity contribution in [3.8, 4) is 0 Å². The van der Waals surface area contributed by atoms with Gasteiger partial charge >= 0.3 is 0 Å². The lowest BCUT2D eigenvalue weighted by Crippen LogP contribution is -1.87. The van der Waals surface area contributed by atoms with Gasteiger partial charge in [0, 0.05) is 17.3 Å². The minimum absolute atomic E-state index is 1.05. The van der Waals surface area contributed by atoms with Crippen molar-refractivity contribution in [1.29, 1.82) is 0 Å². The average molecular weight is 258 g/mol. The van der Waals surface area contributed by atoms with Gasteiger partial charge in [0.2, 0.25) is 0 Å². The van der Waals surface area contributed by atoms with Gasteiger partial charge in [0.05, 0.1) is 0 Å². The van der Waals surface area contributed by atoms with E-state index in [1.807, 2.05) is 6.20 Å². The number of rotatable bonds is 8. The van der Waals surface area contributed by atoms with Gasteiger partial charge in [-0.1, -0.05) is 39.5 Å². The van der Waals surface area contributed by atoms with Crippen molar-refractivity contribution in [1.82, 2.24) is 9.97 Å². The second kappa shape index (κ2) is 7.32. The summed E-state index contributed by atoms with van der Waals surface area (Å²) in [6.45, 7) is 4.49. The molecule has 2 heterocycles. The van der Waals surface area contributed by atoms with Crippen LogP contribution < -0.4 is 0 Å². The second-order valence-corrected chi connectivity index (χ2v) is 5.49. The van der Waals surface area contributed by atoms with Crippen LogP contribution in [0, 0.1) is 0 Å². The monoisotopic (exact) mass is 258 g/mol. The van der Waals surface area contributed by atoms with E-state index in [0.29, 0.717) is 0 Å². The summed E-state index contributed by atoms with van der Waals surface area (Å²) < 4.78 is 0. The minimum Gasteiger partial charge on any atom is -0.343 e. The van der Waals surface area contributed by atoms with Gasteiger partial charge in [0.15, 0.2) is 0 Å².